The number of aliphatic hydroxyl groups is 1. The molecular weight excluding hydrogens is 784 g/mol. The van der Waals surface area contributed by atoms with Crippen LogP contribution in [-0.4, -0.2) is 41.9 Å². The molecule has 2 atom stereocenters. The Morgan fingerprint density at radius 2 is 1.47 bits per heavy atom. The van der Waals surface area contributed by atoms with Crippen LogP contribution in [0.15, 0.2) is 150 Å². The lowest BCUT2D eigenvalue weighted by Gasteiger charge is -2.36. The van der Waals surface area contributed by atoms with Gasteiger partial charge in [-0.3, -0.25) is 0 Å². The van der Waals surface area contributed by atoms with Crippen molar-refractivity contribution in [3.63, 3.8) is 0 Å². The third-order valence-corrected chi connectivity index (χ3v) is 11.9. The van der Waals surface area contributed by atoms with Crippen LogP contribution in [0.3, 0.4) is 0 Å². The summed E-state index contributed by atoms with van der Waals surface area (Å²) in [5.41, 5.74) is 3.39. The summed E-state index contributed by atoms with van der Waals surface area (Å²) >= 11 is 12.9. The molecule has 0 heterocycles. The van der Waals surface area contributed by atoms with E-state index < -0.39 is 20.9 Å². The number of ether oxygens (including phenoxy) is 1. The monoisotopic (exact) mass is 827 g/mol. The van der Waals surface area contributed by atoms with E-state index >= 15 is 0 Å². The Kier molecular flexibility index (Phi) is 13.5. The van der Waals surface area contributed by atoms with Crippen LogP contribution in [0.25, 0.3) is 11.1 Å². The first-order valence-electron chi connectivity index (χ1n) is 18.5. The molecule has 2 amide bonds. The van der Waals surface area contributed by atoms with E-state index in [2.05, 4.69) is 10.0 Å². The minimum atomic E-state index is -4.26. The maximum absolute atomic E-state index is 13.9. The van der Waals surface area contributed by atoms with Crippen molar-refractivity contribution in [1.82, 2.24) is 9.62 Å². The van der Waals surface area contributed by atoms with Crippen LogP contribution in [-0.2, 0) is 36.1 Å². The molecule has 0 spiro atoms. The number of amides is 2. The number of nitrogens with zero attached hydrogens (tertiary/aromatic N) is 1. The number of sulfonamides is 1. The zero-order valence-corrected chi connectivity index (χ0v) is 33.9. The van der Waals surface area contributed by atoms with Crippen LogP contribution in [0.2, 0.25) is 0 Å². The number of carbonyl (C=O) groups excluding carboxylic acids is 1. The molecule has 12 heteroatoms. The maximum Gasteiger partial charge on any atom is 0.322 e. The molecule has 296 valence electrons. The fraction of sp³-hybridized carbons (Fsp3) is 0.222. The van der Waals surface area contributed by atoms with E-state index in [-0.39, 0.29) is 47.3 Å². The lowest BCUT2D eigenvalue weighted by atomic mass is 9.87. The number of anilines is 1. The Morgan fingerprint density at radius 1 is 0.842 bits per heavy atom. The van der Waals surface area contributed by atoms with Crippen LogP contribution >= 0.6 is 23.2 Å². The SMILES string of the molecule is CC(C)CN(Cc1cccc(CNS(=O)(=O)C2C=C(Cl)C=C(Cl)C2(O)Cc2ccc(-c3ccc(F)cc3)cc2)c1)C(=O)Nc1ccc(OCc2ccccc2)cc1. The summed E-state index contributed by atoms with van der Waals surface area (Å²) in [4.78, 5) is 15.2. The third-order valence-electron chi connectivity index (χ3n) is 9.47. The van der Waals surface area contributed by atoms with Crippen molar-refractivity contribution in [1.29, 1.82) is 0 Å². The van der Waals surface area contributed by atoms with Crippen molar-refractivity contribution in [2.24, 2.45) is 5.92 Å². The summed E-state index contributed by atoms with van der Waals surface area (Å²) in [6.07, 6.45) is 2.52. The van der Waals surface area contributed by atoms with Gasteiger partial charge in [-0.1, -0.05) is 128 Å². The van der Waals surface area contributed by atoms with E-state index in [9.17, 15) is 22.7 Å². The number of allylic oxidation sites excluding steroid dienone is 2. The van der Waals surface area contributed by atoms with Crippen LogP contribution < -0.4 is 14.8 Å². The topological polar surface area (TPSA) is 108 Å². The molecule has 6 rings (SSSR count). The fourth-order valence-electron chi connectivity index (χ4n) is 6.58. The molecular formula is C45H44Cl2FN3O5S. The highest BCUT2D eigenvalue weighted by Crippen LogP contribution is 2.39. The normalized spacial score (nSPS) is 16.8. The zero-order chi connectivity index (χ0) is 40.6. The molecule has 57 heavy (non-hydrogen) atoms. The summed E-state index contributed by atoms with van der Waals surface area (Å²) < 4.78 is 49.8. The predicted octanol–water partition coefficient (Wildman–Crippen LogP) is 9.78. The number of rotatable bonds is 15. The third kappa shape index (κ3) is 11.1. The first kappa shape index (κ1) is 41.7. The number of carbonyl (C=O) groups is 1. The standard InChI is InChI=1S/C45H44Cl2FN3O5S/c1-31(2)28-51(44(52)50-40-19-21-41(22-20-40)56-30-33-7-4-3-5-8-33)29-35-10-6-9-34(23-35)27-49-57(54,55)43-25-38(46)24-42(47)45(43,53)26-32-11-13-36(14-12-32)37-15-17-39(48)18-16-37/h3-25,31,43,49,53H,26-30H2,1-2H3,(H,50,52). The van der Waals surface area contributed by atoms with Crippen molar-refractivity contribution in [2.75, 3.05) is 11.9 Å². The van der Waals surface area contributed by atoms with Crippen LogP contribution in [0.1, 0.15) is 36.1 Å². The number of halogens is 3. The minimum absolute atomic E-state index is 0.0863. The molecule has 3 N–H and O–H groups in total. The van der Waals surface area contributed by atoms with E-state index in [4.69, 9.17) is 27.9 Å². The highest BCUT2D eigenvalue weighted by molar-refractivity contribution is 7.90. The first-order valence-corrected chi connectivity index (χ1v) is 20.8. The number of benzene rings is 5. The smallest absolute Gasteiger partial charge is 0.322 e. The lowest BCUT2D eigenvalue weighted by Crippen LogP contribution is -2.52. The summed E-state index contributed by atoms with van der Waals surface area (Å²) in [7, 11) is -4.26. The molecule has 0 aliphatic heterocycles. The van der Waals surface area contributed by atoms with Gasteiger partial charge >= 0.3 is 6.03 Å². The molecule has 2 unspecified atom stereocenters. The molecule has 1 aliphatic rings. The average molecular weight is 829 g/mol. The Labute approximate surface area is 343 Å². The highest BCUT2D eigenvalue weighted by Gasteiger charge is 2.48. The van der Waals surface area contributed by atoms with Gasteiger partial charge < -0.3 is 20.1 Å². The Bertz CT molecular complexity index is 2320. The molecule has 1 aliphatic carbocycles. The van der Waals surface area contributed by atoms with E-state index in [1.165, 1.54) is 24.3 Å². The average Bonchev–Trinajstić information content (AvgIpc) is 3.19. The number of hydrogen-bond acceptors (Lipinski definition) is 5. The summed E-state index contributed by atoms with van der Waals surface area (Å²) in [5.74, 6) is 0.529. The molecule has 0 radical (unpaired) electrons. The van der Waals surface area contributed by atoms with E-state index in [0.29, 0.717) is 35.7 Å². The number of hydrogen-bond donors (Lipinski definition) is 3. The van der Waals surface area contributed by atoms with Crippen molar-refractivity contribution >= 4 is 44.9 Å². The van der Waals surface area contributed by atoms with Crippen molar-refractivity contribution < 1.29 is 27.4 Å². The van der Waals surface area contributed by atoms with Gasteiger partial charge in [0.05, 0.1) is 5.03 Å². The van der Waals surface area contributed by atoms with Crippen LogP contribution in [0.4, 0.5) is 14.9 Å². The van der Waals surface area contributed by atoms with Gasteiger partial charge in [-0.15, -0.1) is 0 Å². The second kappa shape index (κ2) is 18.5. The second-order valence-corrected chi connectivity index (χ2v) is 17.2. The molecule has 0 bridgehead atoms. The minimum Gasteiger partial charge on any atom is -0.489 e. The van der Waals surface area contributed by atoms with Crippen molar-refractivity contribution in [2.45, 2.75) is 50.8 Å². The van der Waals surface area contributed by atoms with E-state index in [1.807, 2.05) is 86.6 Å². The maximum atomic E-state index is 13.9. The van der Waals surface area contributed by atoms with Gasteiger partial charge in [0.25, 0.3) is 0 Å². The summed E-state index contributed by atoms with van der Waals surface area (Å²) in [5, 5.41) is 13.4. The summed E-state index contributed by atoms with van der Waals surface area (Å²) in [6.45, 7) is 5.18. The molecule has 5 aromatic carbocycles. The molecule has 0 saturated heterocycles. The molecule has 0 aromatic heterocycles. The zero-order valence-electron chi connectivity index (χ0n) is 31.5. The van der Waals surface area contributed by atoms with Crippen molar-refractivity contribution in [3.05, 3.63) is 178 Å². The summed E-state index contributed by atoms with van der Waals surface area (Å²) in [6, 6.07) is 37.4. The van der Waals surface area contributed by atoms with Gasteiger partial charge in [0.1, 0.15) is 29.0 Å². The molecule has 0 saturated carbocycles. The lowest BCUT2D eigenvalue weighted by molar-refractivity contribution is 0.0906. The number of urea groups is 1. The first-order chi connectivity index (χ1) is 27.3. The van der Waals surface area contributed by atoms with E-state index in [1.54, 1.807) is 47.4 Å². The van der Waals surface area contributed by atoms with Crippen LogP contribution in [0, 0.1) is 11.7 Å². The van der Waals surface area contributed by atoms with Gasteiger partial charge in [0.15, 0.2) is 0 Å². The highest BCUT2D eigenvalue weighted by atomic mass is 35.5. The predicted molar refractivity (Wildman–Crippen MR) is 226 cm³/mol. The van der Waals surface area contributed by atoms with Gasteiger partial charge in [-0.05, 0) is 87.8 Å². The fourth-order valence-corrected chi connectivity index (χ4v) is 8.91. The Hall–Kier alpha value is -4.97. The Balaban J connectivity index is 1.10. The van der Waals surface area contributed by atoms with Gasteiger partial charge in [0.2, 0.25) is 10.0 Å². The molecule has 5 aromatic rings. The van der Waals surface area contributed by atoms with Gasteiger partial charge in [-0.2, -0.15) is 0 Å². The van der Waals surface area contributed by atoms with Gasteiger partial charge in [0, 0.05) is 36.8 Å². The molecule has 8 nitrogen and oxygen atoms in total. The van der Waals surface area contributed by atoms with E-state index in [0.717, 1.165) is 22.3 Å². The largest absolute Gasteiger partial charge is 0.489 e. The van der Waals surface area contributed by atoms with Crippen molar-refractivity contribution in [3.8, 4) is 16.9 Å². The van der Waals surface area contributed by atoms with Gasteiger partial charge in [-0.25, -0.2) is 22.3 Å². The molecule has 0 fully saturated rings. The van der Waals surface area contributed by atoms with Crippen LogP contribution in [0.5, 0.6) is 5.75 Å². The second-order valence-electron chi connectivity index (χ2n) is 14.5. The number of nitrogens with one attached hydrogen (secondary N) is 2. The Morgan fingerprint density at radius 3 is 2.14 bits per heavy atom. The quantitative estimate of drug-likeness (QED) is 0.0975.